The van der Waals surface area contributed by atoms with Gasteiger partial charge < -0.3 is 11.1 Å². The quantitative estimate of drug-likeness (QED) is 0.748. The Morgan fingerprint density at radius 1 is 1.42 bits per heavy atom. The zero-order valence-electron chi connectivity index (χ0n) is 11.4. The zero-order valence-corrected chi connectivity index (χ0v) is 12.2. The third-order valence-corrected chi connectivity index (χ3v) is 3.29. The summed E-state index contributed by atoms with van der Waals surface area (Å²) in [6.45, 7) is 5.82. The van der Waals surface area contributed by atoms with Crippen LogP contribution in [0.3, 0.4) is 0 Å². The number of hydrogen-bond donors (Lipinski definition) is 2. The lowest BCUT2D eigenvalue weighted by Gasteiger charge is -2.23. The minimum absolute atomic E-state index is 0.0248. The van der Waals surface area contributed by atoms with Gasteiger partial charge in [-0.3, -0.25) is 9.69 Å². The summed E-state index contributed by atoms with van der Waals surface area (Å²) in [5.74, 6) is 0.0858. The molecule has 0 aromatic heterocycles. The summed E-state index contributed by atoms with van der Waals surface area (Å²) in [5.41, 5.74) is 6.41. The molecule has 0 bridgehead atoms. The number of carbonyl (C=O) groups excluding carboxylic acids is 1. The number of benzene rings is 1. The minimum Gasteiger partial charge on any atom is -0.393 e. The van der Waals surface area contributed by atoms with E-state index < -0.39 is 0 Å². The van der Waals surface area contributed by atoms with Crippen molar-refractivity contribution in [3.05, 3.63) is 30.3 Å². The van der Waals surface area contributed by atoms with Crippen molar-refractivity contribution >= 4 is 28.8 Å². The third kappa shape index (κ3) is 5.81. The molecule has 1 amide bonds. The Hall–Kier alpha value is -1.46. The smallest absolute Gasteiger partial charge is 0.238 e. The van der Waals surface area contributed by atoms with Crippen molar-refractivity contribution in [2.75, 3.05) is 25.0 Å². The Kier molecular flexibility index (Phi) is 6.45. The van der Waals surface area contributed by atoms with E-state index in [1.807, 2.05) is 49.1 Å². The van der Waals surface area contributed by atoms with Crippen LogP contribution in [0.5, 0.6) is 0 Å². The number of anilines is 1. The second-order valence-electron chi connectivity index (χ2n) is 4.55. The molecule has 1 aromatic rings. The molecular weight excluding hydrogens is 258 g/mol. The van der Waals surface area contributed by atoms with Gasteiger partial charge in [-0.05, 0) is 18.7 Å². The Labute approximate surface area is 120 Å². The highest BCUT2D eigenvalue weighted by Gasteiger charge is 2.14. The van der Waals surface area contributed by atoms with Crippen molar-refractivity contribution in [3.63, 3.8) is 0 Å². The number of nitrogens with two attached hydrogens (primary N) is 1. The number of nitrogens with one attached hydrogen (secondary N) is 1. The van der Waals surface area contributed by atoms with Gasteiger partial charge in [0.2, 0.25) is 5.91 Å². The van der Waals surface area contributed by atoms with Crippen LogP contribution in [0.15, 0.2) is 30.3 Å². The number of likely N-dealkylation sites (N-methyl/N-ethyl adjacent to an activating group) is 1. The summed E-state index contributed by atoms with van der Waals surface area (Å²) in [6, 6.07) is 9.43. The van der Waals surface area contributed by atoms with Crippen molar-refractivity contribution in [2.24, 2.45) is 11.7 Å². The molecule has 0 saturated heterocycles. The predicted octanol–water partition coefficient (Wildman–Crippen LogP) is 1.87. The van der Waals surface area contributed by atoms with Gasteiger partial charge in [-0.1, -0.05) is 44.3 Å². The number of carbonyl (C=O) groups is 1. The largest absolute Gasteiger partial charge is 0.393 e. The Balaban J connectivity index is 2.47. The number of thiocarbonyl (C=S) groups is 1. The van der Waals surface area contributed by atoms with Crippen LogP contribution in [0.25, 0.3) is 0 Å². The summed E-state index contributed by atoms with van der Waals surface area (Å²) < 4.78 is 0. The van der Waals surface area contributed by atoms with Gasteiger partial charge in [0.1, 0.15) is 0 Å². The fourth-order valence-electron chi connectivity index (χ4n) is 1.71. The van der Waals surface area contributed by atoms with Gasteiger partial charge in [0.15, 0.2) is 0 Å². The topological polar surface area (TPSA) is 58.4 Å². The first-order valence-corrected chi connectivity index (χ1v) is 6.80. The van der Waals surface area contributed by atoms with Gasteiger partial charge in [0.05, 0.1) is 11.5 Å². The van der Waals surface area contributed by atoms with E-state index in [0.29, 0.717) is 18.1 Å². The van der Waals surface area contributed by atoms with Crippen LogP contribution in [0.4, 0.5) is 5.69 Å². The highest BCUT2D eigenvalue weighted by molar-refractivity contribution is 7.80. The highest BCUT2D eigenvalue weighted by Crippen LogP contribution is 2.06. The van der Waals surface area contributed by atoms with E-state index in [4.69, 9.17) is 18.0 Å². The maximum atomic E-state index is 11.9. The zero-order chi connectivity index (χ0) is 14.3. The predicted molar refractivity (Wildman–Crippen MR) is 83.1 cm³/mol. The molecule has 19 heavy (non-hydrogen) atoms. The second-order valence-corrected chi connectivity index (χ2v) is 5.02. The number of nitrogens with zero attached hydrogens (tertiary/aromatic N) is 1. The van der Waals surface area contributed by atoms with E-state index in [1.54, 1.807) is 0 Å². The van der Waals surface area contributed by atoms with E-state index in [0.717, 1.165) is 12.2 Å². The Morgan fingerprint density at radius 3 is 2.58 bits per heavy atom. The summed E-state index contributed by atoms with van der Waals surface area (Å²) in [5, 5.41) is 2.86. The van der Waals surface area contributed by atoms with Crippen molar-refractivity contribution in [2.45, 2.75) is 13.8 Å². The van der Waals surface area contributed by atoms with Crippen molar-refractivity contribution in [1.82, 2.24) is 4.90 Å². The summed E-state index contributed by atoms with van der Waals surface area (Å²) in [7, 11) is 0. The van der Waals surface area contributed by atoms with Crippen molar-refractivity contribution in [1.29, 1.82) is 0 Å². The van der Waals surface area contributed by atoms with Crippen LogP contribution in [-0.2, 0) is 4.79 Å². The molecule has 1 atom stereocenters. The number of amides is 1. The lowest BCUT2D eigenvalue weighted by molar-refractivity contribution is -0.117. The molecule has 0 spiro atoms. The average molecular weight is 279 g/mol. The van der Waals surface area contributed by atoms with E-state index in [9.17, 15) is 4.79 Å². The van der Waals surface area contributed by atoms with Gasteiger partial charge in [-0.25, -0.2) is 0 Å². The lowest BCUT2D eigenvalue weighted by atomic mass is 10.1. The van der Waals surface area contributed by atoms with Gasteiger partial charge in [0, 0.05) is 18.2 Å². The van der Waals surface area contributed by atoms with Crippen molar-refractivity contribution < 1.29 is 4.79 Å². The Morgan fingerprint density at radius 2 is 2.05 bits per heavy atom. The first kappa shape index (κ1) is 15.6. The molecule has 0 aliphatic carbocycles. The van der Waals surface area contributed by atoms with Gasteiger partial charge in [-0.15, -0.1) is 0 Å². The summed E-state index contributed by atoms with van der Waals surface area (Å²) in [6.07, 6.45) is 0. The molecule has 0 radical (unpaired) electrons. The first-order valence-electron chi connectivity index (χ1n) is 6.39. The van der Waals surface area contributed by atoms with E-state index in [2.05, 4.69) is 5.32 Å². The molecule has 0 aliphatic rings. The van der Waals surface area contributed by atoms with Crippen molar-refractivity contribution in [3.8, 4) is 0 Å². The minimum atomic E-state index is -0.0248. The van der Waals surface area contributed by atoms with Crippen LogP contribution in [0.1, 0.15) is 13.8 Å². The second kappa shape index (κ2) is 7.86. The maximum Gasteiger partial charge on any atom is 0.238 e. The molecule has 0 heterocycles. The van der Waals surface area contributed by atoms with E-state index in [1.165, 1.54) is 0 Å². The molecule has 0 saturated carbocycles. The SMILES string of the molecule is CCN(CC(=O)Nc1ccccc1)CC(C)C(N)=S. The van der Waals surface area contributed by atoms with Crippen LogP contribution < -0.4 is 11.1 Å². The molecule has 104 valence electrons. The third-order valence-electron chi connectivity index (χ3n) is 2.89. The molecule has 0 aliphatic heterocycles. The number of rotatable bonds is 7. The fraction of sp³-hybridized carbons (Fsp3) is 0.429. The maximum absolute atomic E-state index is 11.9. The molecule has 1 unspecified atom stereocenters. The average Bonchev–Trinajstić information content (AvgIpc) is 2.38. The standard InChI is InChI=1S/C14H21N3OS/c1-3-17(9-11(2)14(15)19)10-13(18)16-12-7-5-4-6-8-12/h4-8,11H,3,9-10H2,1-2H3,(H2,15,19)(H,16,18). The normalized spacial score (nSPS) is 12.2. The summed E-state index contributed by atoms with van der Waals surface area (Å²) >= 11 is 4.95. The lowest BCUT2D eigenvalue weighted by Crippen LogP contribution is -2.38. The van der Waals surface area contributed by atoms with Gasteiger partial charge in [-0.2, -0.15) is 0 Å². The molecule has 5 heteroatoms. The van der Waals surface area contributed by atoms with E-state index in [-0.39, 0.29) is 11.8 Å². The molecule has 3 N–H and O–H groups in total. The van der Waals surface area contributed by atoms with Crippen LogP contribution in [-0.4, -0.2) is 35.4 Å². The van der Waals surface area contributed by atoms with Crippen LogP contribution >= 0.6 is 12.2 Å². The van der Waals surface area contributed by atoms with E-state index >= 15 is 0 Å². The number of hydrogen-bond acceptors (Lipinski definition) is 3. The molecule has 1 rings (SSSR count). The van der Waals surface area contributed by atoms with Crippen LogP contribution in [0, 0.1) is 5.92 Å². The first-order chi connectivity index (χ1) is 9.02. The molecular formula is C14H21N3OS. The molecule has 1 aromatic carbocycles. The fourth-order valence-corrected chi connectivity index (χ4v) is 1.78. The monoisotopic (exact) mass is 279 g/mol. The molecule has 0 fully saturated rings. The summed E-state index contributed by atoms with van der Waals surface area (Å²) in [4.78, 5) is 14.4. The highest BCUT2D eigenvalue weighted by atomic mass is 32.1. The van der Waals surface area contributed by atoms with Gasteiger partial charge in [0.25, 0.3) is 0 Å². The van der Waals surface area contributed by atoms with Crippen LogP contribution in [0.2, 0.25) is 0 Å². The van der Waals surface area contributed by atoms with Gasteiger partial charge >= 0.3 is 0 Å². The number of para-hydroxylation sites is 1. The molecule has 4 nitrogen and oxygen atoms in total. The Bertz CT molecular complexity index is 422.